The second kappa shape index (κ2) is 5.22. The van der Waals surface area contributed by atoms with E-state index in [1.165, 1.54) is 43.4 Å². The first-order chi connectivity index (χ1) is 8.15. The third-order valence-electron chi connectivity index (χ3n) is 4.20. The van der Waals surface area contributed by atoms with Crippen molar-refractivity contribution in [1.82, 2.24) is 5.32 Å². The van der Waals surface area contributed by atoms with Crippen molar-refractivity contribution in [3.8, 4) is 0 Å². The molecule has 1 heterocycles. The maximum atomic E-state index is 3.71. The zero-order chi connectivity index (χ0) is 12.3. The van der Waals surface area contributed by atoms with Crippen LogP contribution in [0.1, 0.15) is 57.1 Å². The Morgan fingerprint density at radius 1 is 1.24 bits per heavy atom. The molecule has 17 heavy (non-hydrogen) atoms. The second-order valence-electron chi connectivity index (χ2n) is 5.74. The molecule has 0 spiro atoms. The summed E-state index contributed by atoms with van der Waals surface area (Å²) in [6.45, 7) is 8.00. The van der Waals surface area contributed by atoms with Gasteiger partial charge >= 0.3 is 0 Å². The second-order valence-corrected chi connectivity index (χ2v) is 5.74. The predicted molar refractivity (Wildman–Crippen MR) is 74.5 cm³/mol. The van der Waals surface area contributed by atoms with Crippen LogP contribution in [0.4, 0.5) is 0 Å². The number of rotatable bonds is 4. The van der Waals surface area contributed by atoms with Crippen molar-refractivity contribution in [3.63, 3.8) is 0 Å². The van der Waals surface area contributed by atoms with Gasteiger partial charge in [0.25, 0.3) is 0 Å². The number of hydrogen-bond donors (Lipinski definition) is 1. The van der Waals surface area contributed by atoms with Crippen molar-refractivity contribution in [3.05, 3.63) is 35.4 Å². The van der Waals surface area contributed by atoms with Crippen molar-refractivity contribution >= 4 is 0 Å². The lowest BCUT2D eigenvalue weighted by molar-refractivity contribution is 0.360. The summed E-state index contributed by atoms with van der Waals surface area (Å²) in [5.74, 6) is 0.633. The Hall–Kier alpha value is -0.820. The van der Waals surface area contributed by atoms with Crippen LogP contribution >= 0.6 is 0 Å². The summed E-state index contributed by atoms with van der Waals surface area (Å²) >= 11 is 0. The quantitative estimate of drug-likeness (QED) is 0.829. The van der Waals surface area contributed by atoms with Gasteiger partial charge < -0.3 is 5.32 Å². The third kappa shape index (κ3) is 2.90. The minimum atomic E-state index is 0.374. The van der Waals surface area contributed by atoms with Gasteiger partial charge in [-0.25, -0.2) is 0 Å². The average Bonchev–Trinajstić information content (AvgIpc) is 2.79. The smallest absolute Gasteiger partial charge is 0.0219 e. The van der Waals surface area contributed by atoms with Gasteiger partial charge in [-0.05, 0) is 49.3 Å². The molecule has 0 saturated carbocycles. The Morgan fingerprint density at radius 3 is 2.41 bits per heavy atom. The minimum Gasteiger partial charge on any atom is -0.311 e. The van der Waals surface area contributed by atoms with Gasteiger partial charge in [-0.1, -0.05) is 45.0 Å². The molecule has 1 fully saturated rings. The third-order valence-corrected chi connectivity index (χ3v) is 4.20. The van der Waals surface area contributed by atoms with Gasteiger partial charge in [-0.2, -0.15) is 0 Å². The van der Waals surface area contributed by atoms with Crippen LogP contribution in [0.25, 0.3) is 0 Å². The summed E-state index contributed by atoms with van der Waals surface area (Å²) in [6.07, 6.45) is 5.08. The molecule has 1 heteroatoms. The summed E-state index contributed by atoms with van der Waals surface area (Å²) in [6, 6.07) is 9.20. The normalized spacial score (nSPS) is 24.5. The Kier molecular flexibility index (Phi) is 3.88. The topological polar surface area (TPSA) is 12.0 Å². The van der Waals surface area contributed by atoms with Gasteiger partial charge in [0.05, 0.1) is 0 Å². The van der Waals surface area contributed by atoms with Crippen LogP contribution in [0.3, 0.4) is 0 Å². The molecular weight excluding hydrogens is 206 g/mol. The largest absolute Gasteiger partial charge is 0.311 e. The molecule has 1 aliphatic rings. The lowest BCUT2D eigenvalue weighted by Gasteiger charge is -2.28. The molecule has 1 N–H and O–H groups in total. The van der Waals surface area contributed by atoms with Crippen LogP contribution in [0.2, 0.25) is 0 Å². The first-order valence-electron chi connectivity index (χ1n) is 6.99. The van der Waals surface area contributed by atoms with E-state index < -0.39 is 0 Å². The molecule has 94 valence electrons. The molecule has 1 nitrogen and oxygen atoms in total. The fraction of sp³-hybridized carbons (Fsp3) is 0.625. The first-order valence-corrected chi connectivity index (χ1v) is 6.99. The number of benzene rings is 1. The fourth-order valence-electron chi connectivity index (χ4n) is 2.86. The molecular formula is C16H25N. The lowest BCUT2D eigenvalue weighted by Crippen LogP contribution is -2.41. The van der Waals surface area contributed by atoms with Crippen molar-refractivity contribution in [2.24, 2.45) is 0 Å². The van der Waals surface area contributed by atoms with Crippen LogP contribution < -0.4 is 5.32 Å². The molecule has 1 aliphatic heterocycles. The fourth-order valence-corrected chi connectivity index (χ4v) is 2.86. The van der Waals surface area contributed by atoms with E-state index >= 15 is 0 Å². The summed E-state index contributed by atoms with van der Waals surface area (Å²) in [5, 5.41) is 3.71. The van der Waals surface area contributed by atoms with E-state index in [9.17, 15) is 0 Å². The Labute approximate surface area is 106 Å². The first kappa shape index (κ1) is 12.6. The highest BCUT2D eigenvalue weighted by molar-refractivity contribution is 5.26. The number of hydrogen-bond acceptors (Lipinski definition) is 1. The van der Waals surface area contributed by atoms with Gasteiger partial charge in [0.1, 0.15) is 0 Å². The van der Waals surface area contributed by atoms with Crippen LogP contribution in [-0.2, 0) is 6.42 Å². The summed E-state index contributed by atoms with van der Waals surface area (Å²) in [4.78, 5) is 0. The number of nitrogens with one attached hydrogen (secondary N) is 1. The molecule has 0 aromatic heterocycles. The van der Waals surface area contributed by atoms with Crippen LogP contribution in [0.5, 0.6) is 0 Å². The highest BCUT2D eigenvalue weighted by atomic mass is 15.0. The van der Waals surface area contributed by atoms with Crippen LogP contribution in [-0.4, -0.2) is 12.1 Å². The van der Waals surface area contributed by atoms with E-state index in [-0.39, 0.29) is 0 Å². The van der Waals surface area contributed by atoms with E-state index in [0.29, 0.717) is 11.5 Å². The maximum Gasteiger partial charge on any atom is 0.0219 e. The van der Waals surface area contributed by atoms with E-state index in [1.807, 2.05) is 0 Å². The highest BCUT2D eigenvalue weighted by Crippen LogP contribution is 2.27. The van der Waals surface area contributed by atoms with E-state index in [1.54, 1.807) is 0 Å². The van der Waals surface area contributed by atoms with Gasteiger partial charge in [0, 0.05) is 5.54 Å². The SMILES string of the molecule is CCC1(Cc2ccc(C(C)C)cc2)CCCN1. The molecule has 2 rings (SSSR count). The predicted octanol–water partition coefficient (Wildman–Crippen LogP) is 3.88. The van der Waals surface area contributed by atoms with E-state index in [0.717, 1.165) is 0 Å². The van der Waals surface area contributed by atoms with Gasteiger partial charge in [0.2, 0.25) is 0 Å². The monoisotopic (exact) mass is 231 g/mol. The Morgan fingerprint density at radius 2 is 1.94 bits per heavy atom. The molecule has 1 aromatic carbocycles. The Balaban J connectivity index is 2.07. The van der Waals surface area contributed by atoms with Crippen molar-refractivity contribution in [2.45, 2.75) is 57.9 Å². The summed E-state index contributed by atoms with van der Waals surface area (Å²) in [5.41, 5.74) is 3.30. The van der Waals surface area contributed by atoms with E-state index in [2.05, 4.69) is 50.4 Å². The van der Waals surface area contributed by atoms with Crippen molar-refractivity contribution in [1.29, 1.82) is 0 Å². The summed E-state index contributed by atoms with van der Waals surface area (Å²) in [7, 11) is 0. The van der Waals surface area contributed by atoms with Crippen LogP contribution in [0.15, 0.2) is 24.3 Å². The highest BCUT2D eigenvalue weighted by Gasteiger charge is 2.31. The van der Waals surface area contributed by atoms with Crippen molar-refractivity contribution < 1.29 is 0 Å². The maximum absolute atomic E-state index is 3.71. The molecule has 0 amide bonds. The average molecular weight is 231 g/mol. The molecule has 1 aromatic rings. The molecule has 0 aliphatic carbocycles. The van der Waals surface area contributed by atoms with E-state index in [4.69, 9.17) is 0 Å². The Bertz CT molecular complexity index is 344. The zero-order valence-corrected chi connectivity index (χ0v) is 11.4. The lowest BCUT2D eigenvalue weighted by atomic mass is 9.86. The zero-order valence-electron chi connectivity index (χ0n) is 11.4. The molecule has 0 radical (unpaired) electrons. The molecule has 1 unspecified atom stereocenters. The van der Waals surface area contributed by atoms with Gasteiger partial charge in [-0.3, -0.25) is 0 Å². The molecule has 0 bridgehead atoms. The minimum absolute atomic E-state index is 0.374. The van der Waals surface area contributed by atoms with Gasteiger partial charge in [-0.15, -0.1) is 0 Å². The summed E-state index contributed by atoms with van der Waals surface area (Å²) < 4.78 is 0. The molecule has 1 atom stereocenters. The van der Waals surface area contributed by atoms with Gasteiger partial charge in [0.15, 0.2) is 0 Å². The molecule has 1 saturated heterocycles. The van der Waals surface area contributed by atoms with Crippen LogP contribution in [0, 0.1) is 0 Å². The standard InChI is InChI=1S/C16H25N/c1-4-16(10-5-11-17-16)12-14-6-8-15(9-7-14)13(2)3/h6-9,13,17H,4-5,10-12H2,1-3H3. The van der Waals surface area contributed by atoms with Crippen molar-refractivity contribution in [2.75, 3.05) is 6.54 Å².